The second-order valence-electron chi connectivity index (χ2n) is 5.17. The SMILES string of the molecule is CCCC(=O)N(c1ccccc1)c1cccc2cccnc12. The third kappa shape index (κ3) is 2.70. The van der Waals surface area contributed by atoms with Crippen molar-refractivity contribution in [1.82, 2.24) is 4.98 Å². The monoisotopic (exact) mass is 290 g/mol. The molecule has 22 heavy (non-hydrogen) atoms. The van der Waals surface area contributed by atoms with Crippen molar-refractivity contribution in [2.75, 3.05) is 4.90 Å². The summed E-state index contributed by atoms with van der Waals surface area (Å²) in [5.74, 6) is 0.0897. The van der Waals surface area contributed by atoms with E-state index in [2.05, 4.69) is 4.98 Å². The largest absolute Gasteiger partial charge is 0.279 e. The summed E-state index contributed by atoms with van der Waals surface area (Å²) in [6, 6.07) is 19.6. The van der Waals surface area contributed by atoms with E-state index in [1.54, 1.807) is 11.1 Å². The summed E-state index contributed by atoms with van der Waals surface area (Å²) in [6.07, 6.45) is 3.10. The molecule has 1 amide bonds. The van der Waals surface area contributed by atoms with Crippen molar-refractivity contribution in [3.05, 3.63) is 66.9 Å². The van der Waals surface area contributed by atoms with Crippen LogP contribution >= 0.6 is 0 Å². The van der Waals surface area contributed by atoms with E-state index < -0.39 is 0 Å². The number of amides is 1. The van der Waals surface area contributed by atoms with E-state index in [-0.39, 0.29) is 5.91 Å². The summed E-state index contributed by atoms with van der Waals surface area (Å²) >= 11 is 0. The van der Waals surface area contributed by atoms with Crippen molar-refractivity contribution >= 4 is 28.2 Å². The van der Waals surface area contributed by atoms with Crippen LogP contribution in [0.15, 0.2) is 66.9 Å². The summed E-state index contributed by atoms with van der Waals surface area (Å²) in [6.45, 7) is 2.02. The number of pyridine rings is 1. The summed E-state index contributed by atoms with van der Waals surface area (Å²) in [5.41, 5.74) is 2.56. The molecule has 0 saturated carbocycles. The van der Waals surface area contributed by atoms with Gasteiger partial charge >= 0.3 is 0 Å². The predicted molar refractivity (Wildman–Crippen MR) is 90.2 cm³/mol. The van der Waals surface area contributed by atoms with Crippen LogP contribution in [0.1, 0.15) is 19.8 Å². The van der Waals surface area contributed by atoms with Crippen LogP contribution in [-0.2, 0) is 4.79 Å². The third-order valence-corrected chi connectivity index (χ3v) is 3.58. The molecule has 3 heteroatoms. The number of aromatic nitrogens is 1. The number of carbonyl (C=O) groups excluding carboxylic acids is 1. The van der Waals surface area contributed by atoms with Gasteiger partial charge in [-0.25, -0.2) is 0 Å². The van der Waals surface area contributed by atoms with Gasteiger partial charge in [-0.05, 0) is 30.7 Å². The second-order valence-corrected chi connectivity index (χ2v) is 5.17. The molecule has 0 radical (unpaired) electrons. The number of hydrogen-bond acceptors (Lipinski definition) is 2. The van der Waals surface area contributed by atoms with Gasteiger partial charge in [0.25, 0.3) is 0 Å². The highest BCUT2D eigenvalue weighted by atomic mass is 16.2. The minimum atomic E-state index is 0.0897. The molecule has 0 unspecified atom stereocenters. The van der Waals surface area contributed by atoms with Crippen LogP contribution < -0.4 is 4.90 Å². The van der Waals surface area contributed by atoms with Gasteiger partial charge in [-0.1, -0.05) is 43.3 Å². The summed E-state index contributed by atoms with van der Waals surface area (Å²) in [5, 5.41) is 1.03. The highest BCUT2D eigenvalue weighted by Gasteiger charge is 2.19. The number of hydrogen-bond donors (Lipinski definition) is 0. The fourth-order valence-electron chi connectivity index (χ4n) is 2.59. The van der Waals surface area contributed by atoms with Gasteiger partial charge in [-0.15, -0.1) is 0 Å². The van der Waals surface area contributed by atoms with Crippen LogP contribution in [0.5, 0.6) is 0 Å². The van der Waals surface area contributed by atoms with Crippen LogP contribution in [0.3, 0.4) is 0 Å². The molecule has 1 heterocycles. The highest BCUT2D eigenvalue weighted by molar-refractivity contribution is 6.07. The maximum absolute atomic E-state index is 12.7. The lowest BCUT2D eigenvalue weighted by Crippen LogP contribution is -2.25. The van der Waals surface area contributed by atoms with Gasteiger partial charge < -0.3 is 0 Å². The van der Waals surface area contributed by atoms with E-state index in [0.717, 1.165) is 28.7 Å². The van der Waals surface area contributed by atoms with Crippen molar-refractivity contribution in [2.45, 2.75) is 19.8 Å². The predicted octanol–water partition coefficient (Wildman–Crippen LogP) is 4.70. The molecular formula is C19H18N2O. The van der Waals surface area contributed by atoms with Crippen LogP contribution in [0.4, 0.5) is 11.4 Å². The smallest absolute Gasteiger partial charge is 0.231 e. The number of nitrogens with zero attached hydrogens (tertiary/aromatic N) is 2. The Bertz CT molecular complexity index is 778. The Morgan fingerprint density at radius 2 is 1.77 bits per heavy atom. The molecule has 0 aliphatic heterocycles. The van der Waals surface area contributed by atoms with Gasteiger partial charge in [0.05, 0.1) is 11.2 Å². The maximum Gasteiger partial charge on any atom is 0.231 e. The number of rotatable bonds is 4. The summed E-state index contributed by atoms with van der Waals surface area (Å²) < 4.78 is 0. The molecule has 0 aliphatic rings. The standard InChI is InChI=1S/C19H18N2O/c1-2-8-18(22)21(16-11-4-3-5-12-16)17-13-6-9-15-10-7-14-20-19(15)17/h3-7,9-14H,2,8H2,1H3. The van der Waals surface area contributed by atoms with Gasteiger partial charge in [-0.3, -0.25) is 14.7 Å². The number of benzene rings is 2. The second kappa shape index (κ2) is 6.39. The van der Waals surface area contributed by atoms with Gasteiger partial charge in [0.1, 0.15) is 0 Å². The molecule has 110 valence electrons. The molecule has 0 bridgehead atoms. The first-order valence-electron chi connectivity index (χ1n) is 7.53. The number of para-hydroxylation sites is 2. The summed E-state index contributed by atoms with van der Waals surface area (Å²) in [7, 11) is 0. The molecule has 0 spiro atoms. The molecule has 0 N–H and O–H groups in total. The Morgan fingerprint density at radius 1 is 1.00 bits per heavy atom. The van der Waals surface area contributed by atoms with Crippen LogP contribution in [0.25, 0.3) is 10.9 Å². The lowest BCUT2D eigenvalue weighted by atomic mass is 10.1. The molecule has 1 aromatic heterocycles. The highest BCUT2D eigenvalue weighted by Crippen LogP contribution is 2.31. The minimum absolute atomic E-state index is 0.0897. The van der Waals surface area contributed by atoms with E-state index in [9.17, 15) is 4.79 Å². The molecule has 0 saturated heterocycles. The quantitative estimate of drug-likeness (QED) is 0.697. The third-order valence-electron chi connectivity index (χ3n) is 3.58. The van der Waals surface area contributed by atoms with Crippen molar-refractivity contribution < 1.29 is 4.79 Å². The van der Waals surface area contributed by atoms with Gasteiger partial charge in [0.2, 0.25) is 5.91 Å². The average molecular weight is 290 g/mol. The lowest BCUT2D eigenvalue weighted by molar-refractivity contribution is -0.117. The molecule has 0 aliphatic carbocycles. The molecule has 3 nitrogen and oxygen atoms in total. The van der Waals surface area contributed by atoms with Gasteiger partial charge in [-0.2, -0.15) is 0 Å². The van der Waals surface area contributed by atoms with Crippen molar-refractivity contribution in [2.24, 2.45) is 0 Å². The van der Waals surface area contributed by atoms with Crippen LogP contribution in [0.2, 0.25) is 0 Å². The Labute approximate surface area is 130 Å². The molecule has 0 atom stereocenters. The Kier molecular flexibility index (Phi) is 4.15. The van der Waals surface area contributed by atoms with Crippen molar-refractivity contribution in [1.29, 1.82) is 0 Å². The molecule has 3 aromatic rings. The fourth-order valence-corrected chi connectivity index (χ4v) is 2.59. The Hall–Kier alpha value is -2.68. The van der Waals surface area contributed by atoms with Gasteiger partial charge in [0.15, 0.2) is 0 Å². The molecule has 3 rings (SSSR count). The molecular weight excluding hydrogens is 272 g/mol. The lowest BCUT2D eigenvalue weighted by Gasteiger charge is -2.24. The number of carbonyl (C=O) groups is 1. The van der Waals surface area contributed by atoms with Crippen LogP contribution in [-0.4, -0.2) is 10.9 Å². The number of anilines is 2. The average Bonchev–Trinajstić information content (AvgIpc) is 2.57. The van der Waals surface area contributed by atoms with Crippen LogP contribution in [0, 0.1) is 0 Å². The topological polar surface area (TPSA) is 33.2 Å². The first kappa shape index (κ1) is 14.3. The fraction of sp³-hybridized carbons (Fsp3) is 0.158. The van der Waals surface area contributed by atoms with E-state index in [4.69, 9.17) is 0 Å². The Balaban J connectivity index is 2.18. The van der Waals surface area contributed by atoms with Gasteiger partial charge in [0, 0.05) is 23.7 Å². The number of fused-ring (bicyclic) bond motifs is 1. The van der Waals surface area contributed by atoms with E-state index in [0.29, 0.717) is 6.42 Å². The first-order valence-corrected chi connectivity index (χ1v) is 7.53. The Morgan fingerprint density at radius 3 is 2.55 bits per heavy atom. The minimum Gasteiger partial charge on any atom is -0.279 e. The normalized spacial score (nSPS) is 10.6. The molecule has 0 fully saturated rings. The van der Waals surface area contributed by atoms with E-state index in [1.807, 2.05) is 67.6 Å². The summed E-state index contributed by atoms with van der Waals surface area (Å²) in [4.78, 5) is 18.9. The van der Waals surface area contributed by atoms with E-state index in [1.165, 1.54) is 0 Å². The zero-order valence-corrected chi connectivity index (χ0v) is 12.6. The van der Waals surface area contributed by atoms with E-state index >= 15 is 0 Å². The molecule has 2 aromatic carbocycles. The zero-order chi connectivity index (χ0) is 15.4. The zero-order valence-electron chi connectivity index (χ0n) is 12.6. The maximum atomic E-state index is 12.7. The first-order chi connectivity index (χ1) is 10.8. The van der Waals surface area contributed by atoms with Crippen molar-refractivity contribution in [3.63, 3.8) is 0 Å². The van der Waals surface area contributed by atoms with Crippen molar-refractivity contribution in [3.8, 4) is 0 Å².